The highest BCUT2D eigenvalue weighted by Crippen LogP contribution is 2.25. The lowest BCUT2D eigenvalue weighted by atomic mass is 10.1. The van der Waals surface area contributed by atoms with Gasteiger partial charge in [-0.1, -0.05) is 23.9 Å². The van der Waals surface area contributed by atoms with Crippen molar-refractivity contribution in [2.45, 2.75) is 20.8 Å². The second-order valence-electron chi connectivity index (χ2n) is 7.90. The molecular formula is C25H28N4O5S. The molecule has 0 radical (unpaired) electrons. The topological polar surface area (TPSA) is 115 Å². The van der Waals surface area contributed by atoms with E-state index >= 15 is 0 Å². The quantitative estimate of drug-likeness (QED) is 0.383. The number of aromatic hydroxyl groups is 1. The van der Waals surface area contributed by atoms with Gasteiger partial charge in [0.2, 0.25) is 11.8 Å². The maximum Gasteiger partial charge on any atom is 0.333 e. The Kier molecular flexibility index (Phi) is 8.18. The minimum absolute atomic E-state index is 0.0747. The number of benzene rings is 2. The van der Waals surface area contributed by atoms with Gasteiger partial charge in [-0.3, -0.25) is 18.7 Å². The van der Waals surface area contributed by atoms with Crippen LogP contribution < -0.4 is 21.3 Å². The molecule has 2 aromatic carbocycles. The van der Waals surface area contributed by atoms with Gasteiger partial charge in [-0.15, -0.1) is 0 Å². The minimum Gasteiger partial charge on any atom is -0.494 e. The summed E-state index contributed by atoms with van der Waals surface area (Å²) in [5.41, 5.74) is 1.57. The predicted octanol–water partition coefficient (Wildman–Crippen LogP) is 3.26. The van der Waals surface area contributed by atoms with Crippen LogP contribution in [0.15, 0.2) is 57.0 Å². The zero-order chi connectivity index (χ0) is 25.7. The molecule has 0 aliphatic carbocycles. The van der Waals surface area contributed by atoms with E-state index in [4.69, 9.17) is 4.74 Å². The van der Waals surface area contributed by atoms with Crippen LogP contribution in [-0.2, 0) is 18.9 Å². The second-order valence-corrected chi connectivity index (χ2v) is 8.87. The minimum atomic E-state index is -0.710. The van der Waals surface area contributed by atoms with Crippen LogP contribution in [0, 0.1) is 13.8 Å². The predicted molar refractivity (Wildman–Crippen MR) is 139 cm³/mol. The lowest BCUT2D eigenvalue weighted by molar-refractivity contribution is -0.113. The van der Waals surface area contributed by atoms with Crippen LogP contribution in [0.3, 0.4) is 0 Å². The van der Waals surface area contributed by atoms with Crippen molar-refractivity contribution in [2.75, 3.05) is 17.7 Å². The van der Waals surface area contributed by atoms with Crippen LogP contribution in [0.4, 0.5) is 11.4 Å². The van der Waals surface area contributed by atoms with Gasteiger partial charge in [-0.05, 0) is 62.2 Å². The number of aromatic nitrogens is 2. The number of ether oxygens (including phenoxy) is 1. The first kappa shape index (κ1) is 25.8. The van der Waals surface area contributed by atoms with Gasteiger partial charge >= 0.3 is 5.69 Å². The van der Waals surface area contributed by atoms with Crippen molar-refractivity contribution in [1.82, 2.24) is 9.13 Å². The van der Waals surface area contributed by atoms with Crippen LogP contribution in [-0.4, -0.2) is 37.6 Å². The van der Waals surface area contributed by atoms with E-state index in [1.54, 1.807) is 24.3 Å². The molecule has 0 spiro atoms. The summed E-state index contributed by atoms with van der Waals surface area (Å²) in [5, 5.41) is 13.6. The molecule has 0 saturated carbocycles. The van der Waals surface area contributed by atoms with E-state index in [9.17, 15) is 19.5 Å². The summed E-state index contributed by atoms with van der Waals surface area (Å²) in [6.07, 6.45) is 0. The van der Waals surface area contributed by atoms with Crippen LogP contribution in [0.2, 0.25) is 0 Å². The highest BCUT2D eigenvalue weighted by atomic mass is 32.2. The number of thioether (sulfide) groups is 1. The average Bonchev–Trinajstić information content (AvgIpc) is 2.83. The van der Waals surface area contributed by atoms with E-state index in [1.165, 1.54) is 14.1 Å². The molecule has 10 heteroatoms. The number of carbonyl (C=O) groups excluding carboxylic acids is 1. The molecule has 1 heterocycles. The van der Waals surface area contributed by atoms with E-state index in [0.717, 1.165) is 32.0 Å². The van der Waals surface area contributed by atoms with Gasteiger partial charge in [0.05, 0.1) is 18.0 Å². The van der Waals surface area contributed by atoms with Gasteiger partial charge < -0.3 is 15.2 Å². The molecule has 0 unspecified atom stereocenters. The van der Waals surface area contributed by atoms with Crippen molar-refractivity contribution >= 4 is 34.1 Å². The Labute approximate surface area is 207 Å². The molecule has 1 aromatic heterocycles. The zero-order valence-electron chi connectivity index (χ0n) is 20.3. The first-order valence-corrected chi connectivity index (χ1v) is 11.9. The lowest BCUT2D eigenvalue weighted by Gasteiger charge is -2.13. The van der Waals surface area contributed by atoms with E-state index < -0.39 is 17.1 Å². The molecule has 0 aliphatic rings. The molecule has 3 aromatic rings. The summed E-state index contributed by atoms with van der Waals surface area (Å²) < 4.78 is 7.30. The van der Waals surface area contributed by atoms with Crippen molar-refractivity contribution in [2.24, 2.45) is 19.1 Å². The van der Waals surface area contributed by atoms with Crippen molar-refractivity contribution in [3.05, 3.63) is 80.0 Å². The molecule has 0 bridgehead atoms. The highest BCUT2D eigenvalue weighted by molar-refractivity contribution is 8.15. The van der Waals surface area contributed by atoms with Crippen molar-refractivity contribution in [3.8, 4) is 11.6 Å². The molecular weight excluding hydrogens is 468 g/mol. The van der Waals surface area contributed by atoms with Gasteiger partial charge in [-0.25, -0.2) is 9.79 Å². The number of aryl methyl sites for hydroxylation is 2. The summed E-state index contributed by atoms with van der Waals surface area (Å²) in [6.45, 7) is 6.22. The molecule has 0 atom stereocenters. The first-order chi connectivity index (χ1) is 16.6. The molecule has 9 nitrogen and oxygen atoms in total. The van der Waals surface area contributed by atoms with Gasteiger partial charge in [0.15, 0.2) is 0 Å². The molecule has 1 amide bonds. The molecule has 0 saturated heterocycles. The van der Waals surface area contributed by atoms with Crippen LogP contribution in [0.1, 0.15) is 23.6 Å². The Morgan fingerprint density at radius 3 is 2.43 bits per heavy atom. The molecule has 184 valence electrons. The third-order valence-electron chi connectivity index (χ3n) is 5.23. The number of rotatable bonds is 7. The number of nitrogens with one attached hydrogen (secondary N) is 1. The number of anilines is 1. The summed E-state index contributed by atoms with van der Waals surface area (Å²) in [7, 11) is 2.67. The van der Waals surface area contributed by atoms with Crippen LogP contribution in [0.5, 0.6) is 11.6 Å². The van der Waals surface area contributed by atoms with Gasteiger partial charge in [0.1, 0.15) is 16.4 Å². The fourth-order valence-electron chi connectivity index (χ4n) is 3.27. The number of nitrogens with zero attached hydrogens (tertiary/aromatic N) is 3. The normalized spacial score (nSPS) is 11.4. The Morgan fingerprint density at radius 2 is 1.77 bits per heavy atom. The Hall–Kier alpha value is -3.79. The Bertz CT molecular complexity index is 1390. The number of aliphatic imine (C=N–C) groups is 1. The third kappa shape index (κ3) is 6.02. The zero-order valence-corrected chi connectivity index (χ0v) is 21.1. The smallest absolute Gasteiger partial charge is 0.333 e. The molecule has 0 aliphatic heterocycles. The number of amides is 1. The van der Waals surface area contributed by atoms with Crippen molar-refractivity contribution < 1.29 is 14.6 Å². The fourth-order valence-corrected chi connectivity index (χ4v) is 4.11. The van der Waals surface area contributed by atoms with Gasteiger partial charge in [0, 0.05) is 19.8 Å². The molecule has 35 heavy (non-hydrogen) atoms. The third-order valence-corrected chi connectivity index (χ3v) is 6.21. The van der Waals surface area contributed by atoms with Crippen LogP contribution >= 0.6 is 11.8 Å². The van der Waals surface area contributed by atoms with E-state index in [2.05, 4.69) is 10.3 Å². The molecule has 2 N–H and O–H groups in total. The van der Waals surface area contributed by atoms with Crippen molar-refractivity contribution in [3.63, 3.8) is 0 Å². The monoisotopic (exact) mass is 496 g/mol. The number of carbonyl (C=O) groups is 1. The van der Waals surface area contributed by atoms with Crippen molar-refractivity contribution in [1.29, 1.82) is 0 Å². The first-order valence-electron chi connectivity index (χ1n) is 10.9. The van der Waals surface area contributed by atoms with Gasteiger partial charge in [0.25, 0.3) is 5.56 Å². The standard InChI is InChI=1S/C25H28N4O5S/c1-6-34-18-11-9-17(10-12-18)26-22(21-23(31)28(4)25(33)29(5)24(21)32)35-14-20(30)27-19-13-15(2)7-8-16(19)3/h7-13,31H,6,14H2,1-5H3,(H,27,30). The number of hydrogen-bond donors (Lipinski definition) is 2. The van der Waals surface area contributed by atoms with Gasteiger partial charge in [-0.2, -0.15) is 0 Å². The second kappa shape index (κ2) is 11.1. The van der Waals surface area contributed by atoms with E-state index in [0.29, 0.717) is 23.7 Å². The van der Waals surface area contributed by atoms with E-state index in [-0.39, 0.29) is 22.3 Å². The molecule has 0 fully saturated rings. The van der Waals surface area contributed by atoms with E-state index in [1.807, 2.05) is 39.0 Å². The lowest BCUT2D eigenvalue weighted by Crippen LogP contribution is -2.39. The Balaban J connectivity index is 1.98. The SMILES string of the molecule is CCOc1ccc(N=C(SCC(=O)Nc2cc(C)ccc2C)c2c(O)n(C)c(=O)n(C)c2=O)cc1. The summed E-state index contributed by atoms with van der Waals surface area (Å²) in [4.78, 5) is 42.4. The summed E-state index contributed by atoms with van der Waals surface area (Å²) >= 11 is 0.991. The largest absolute Gasteiger partial charge is 0.494 e. The summed E-state index contributed by atoms with van der Waals surface area (Å²) in [6, 6.07) is 12.6. The Morgan fingerprint density at radius 1 is 1.09 bits per heavy atom. The van der Waals surface area contributed by atoms with Crippen LogP contribution in [0.25, 0.3) is 0 Å². The maximum absolute atomic E-state index is 12.9. The molecule has 3 rings (SSSR count). The summed E-state index contributed by atoms with van der Waals surface area (Å²) in [5.74, 6) is -0.238. The highest BCUT2D eigenvalue weighted by Gasteiger charge is 2.22. The number of hydrogen-bond acceptors (Lipinski definition) is 7. The average molecular weight is 497 g/mol. The fraction of sp³-hybridized carbons (Fsp3) is 0.280. The maximum atomic E-state index is 12.9.